The summed E-state index contributed by atoms with van der Waals surface area (Å²) in [5, 5.41) is 11.1. The highest BCUT2D eigenvalue weighted by atomic mass is 79.9. The number of rotatable bonds is 6. The Hall–Kier alpha value is -3.23. The molecule has 1 aliphatic rings. The Morgan fingerprint density at radius 3 is 2.50 bits per heavy atom. The monoisotopic (exact) mass is 520 g/mol. The minimum absolute atomic E-state index is 0.0364. The van der Waals surface area contributed by atoms with Gasteiger partial charge in [-0.3, -0.25) is 9.67 Å². The van der Waals surface area contributed by atoms with Gasteiger partial charge in [0.1, 0.15) is 6.10 Å². The van der Waals surface area contributed by atoms with Gasteiger partial charge in [0, 0.05) is 65.9 Å². The van der Waals surface area contributed by atoms with E-state index in [1.54, 1.807) is 4.68 Å². The predicted octanol–water partition coefficient (Wildman–Crippen LogP) is 4.89. The van der Waals surface area contributed by atoms with Gasteiger partial charge in [0.05, 0.1) is 18.4 Å². The summed E-state index contributed by atoms with van der Waals surface area (Å²) >= 11 is 3.42. The smallest absolute Gasteiger partial charge is 0.237 e. The zero-order valence-corrected chi connectivity index (χ0v) is 20.9. The molecular weight excluding hydrogens is 492 g/mol. The normalized spacial score (nSPS) is 15.2. The van der Waals surface area contributed by atoms with Crippen molar-refractivity contribution in [2.75, 3.05) is 25.0 Å². The predicted molar refractivity (Wildman–Crippen MR) is 139 cm³/mol. The first-order chi connectivity index (χ1) is 16.6. The number of hydrogen-bond acceptors (Lipinski definition) is 6. The van der Waals surface area contributed by atoms with E-state index < -0.39 is 0 Å². The average Bonchev–Trinajstić information content (AvgIpc) is 3.32. The largest absolute Gasteiger partial charge is 0.470 e. The molecule has 5 rings (SSSR count). The molecule has 0 saturated heterocycles. The average molecular weight is 521 g/mol. The van der Waals surface area contributed by atoms with Gasteiger partial charge in [0.15, 0.2) is 0 Å². The highest BCUT2D eigenvalue weighted by Crippen LogP contribution is 2.31. The Morgan fingerprint density at radius 2 is 1.85 bits per heavy atom. The lowest BCUT2D eigenvalue weighted by molar-refractivity contribution is 0.193. The van der Waals surface area contributed by atoms with E-state index in [0.717, 1.165) is 46.6 Å². The van der Waals surface area contributed by atoms with Gasteiger partial charge < -0.3 is 15.4 Å². The number of aryl methyl sites for hydroxylation is 1. The summed E-state index contributed by atoms with van der Waals surface area (Å²) in [5.74, 6) is 0.977. The van der Waals surface area contributed by atoms with Gasteiger partial charge in [-0.1, -0.05) is 43.3 Å². The summed E-state index contributed by atoms with van der Waals surface area (Å²) in [7, 11) is 1.90. The first kappa shape index (κ1) is 23.9. The number of benzene rings is 1. The van der Waals surface area contributed by atoms with Crippen LogP contribution in [0.25, 0.3) is 11.1 Å². The molecule has 1 aromatic carbocycles. The Labute approximate surface area is 208 Å². The molecule has 3 aromatic heterocycles. The maximum atomic E-state index is 6.05. The van der Waals surface area contributed by atoms with Crippen molar-refractivity contribution in [2.45, 2.75) is 18.9 Å². The molecule has 0 aliphatic carbocycles. The molecular formula is C26H29BrN6O. The fourth-order valence-electron chi connectivity index (χ4n) is 3.57. The molecule has 1 aliphatic heterocycles. The topological polar surface area (TPSA) is 76.9 Å². The van der Waals surface area contributed by atoms with E-state index in [-0.39, 0.29) is 6.10 Å². The van der Waals surface area contributed by atoms with Gasteiger partial charge in [-0.15, -0.1) is 0 Å². The van der Waals surface area contributed by atoms with Crippen molar-refractivity contribution < 1.29 is 4.74 Å². The zero-order valence-electron chi connectivity index (χ0n) is 19.4. The van der Waals surface area contributed by atoms with Gasteiger partial charge in [0.25, 0.3) is 0 Å². The van der Waals surface area contributed by atoms with Crippen LogP contribution in [0.4, 0.5) is 5.69 Å². The molecule has 7 nitrogen and oxygen atoms in total. The fourth-order valence-corrected chi connectivity index (χ4v) is 3.80. The van der Waals surface area contributed by atoms with Crippen LogP contribution in [-0.2, 0) is 7.05 Å². The summed E-state index contributed by atoms with van der Waals surface area (Å²) in [6.45, 7) is 4.50. The van der Waals surface area contributed by atoms with Crippen LogP contribution in [0.2, 0.25) is 0 Å². The highest BCUT2D eigenvalue weighted by Gasteiger charge is 2.21. The zero-order chi connectivity index (χ0) is 23.8. The Kier molecular flexibility index (Phi) is 8.27. The summed E-state index contributed by atoms with van der Waals surface area (Å²) in [6.07, 6.45) is 7.51. The number of hydrogen-bond donors (Lipinski definition) is 2. The van der Waals surface area contributed by atoms with Crippen LogP contribution < -0.4 is 15.4 Å². The number of nitrogens with one attached hydrogen (secondary N) is 2. The molecule has 34 heavy (non-hydrogen) atoms. The Morgan fingerprint density at radius 1 is 1.09 bits per heavy atom. The van der Waals surface area contributed by atoms with Crippen LogP contribution >= 0.6 is 15.9 Å². The lowest BCUT2D eigenvalue weighted by atomic mass is 10.1. The quantitative estimate of drug-likeness (QED) is 0.376. The van der Waals surface area contributed by atoms with Crippen LogP contribution in [0.1, 0.15) is 18.5 Å². The highest BCUT2D eigenvalue weighted by molar-refractivity contribution is 9.10. The second-order valence-electron chi connectivity index (χ2n) is 8.22. The maximum absolute atomic E-state index is 6.05. The second-order valence-corrected chi connectivity index (χ2v) is 9.13. The van der Waals surface area contributed by atoms with E-state index in [1.165, 1.54) is 0 Å². The third kappa shape index (κ3) is 6.65. The number of fused-ring (bicyclic) bond motifs is 1. The Balaban J connectivity index is 0.000000398. The number of anilines is 1. The van der Waals surface area contributed by atoms with Crippen LogP contribution in [0.3, 0.4) is 0 Å². The number of nitrogens with zero attached hydrogens (tertiary/aromatic N) is 4. The van der Waals surface area contributed by atoms with Crippen molar-refractivity contribution in [1.29, 1.82) is 0 Å². The third-order valence-corrected chi connectivity index (χ3v) is 5.90. The fraction of sp³-hybridized carbons (Fsp3) is 0.269. The maximum Gasteiger partial charge on any atom is 0.237 e. The number of ether oxygens (including phenoxy) is 1. The van der Waals surface area contributed by atoms with E-state index in [2.05, 4.69) is 60.7 Å². The van der Waals surface area contributed by atoms with Gasteiger partial charge in [0.2, 0.25) is 5.88 Å². The number of halogens is 1. The van der Waals surface area contributed by atoms with E-state index in [9.17, 15) is 0 Å². The molecule has 2 N–H and O–H groups in total. The van der Waals surface area contributed by atoms with Crippen molar-refractivity contribution in [2.24, 2.45) is 7.05 Å². The molecule has 4 heterocycles. The molecule has 0 fully saturated rings. The summed E-state index contributed by atoms with van der Waals surface area (Å²) in [4.78, 5) is 8.95. The molecule has 176 valence electrons. The molecule has 2 unspecified atom stereocenters. The van der Waals surface area contributed by atoms with E-state index in [4.69, 9.17) is 4.74 Å². The lowest BCUT2D eigenvalue weighted by Gasteiger charge is -2.27. The van der Waals surface area contributed by atoms with Crippen molar-refractivity contribution >= 4 is 21.6 Å². The molecule has 4 aromatic rings. The molecule has 0 radical (unpaired) electrons. The second kappa shape index (κ2) is 11.8. The molecule has 0 amide bonds. The van der Waals surface area contributed by atoms with Crippen molar-refractivity contribution in [3.8, 4) is 17.0 Å². The standard InChI is InChI=1S/C20H23BrN6O.C6H6/c1-13(18-4-3-16(21)9-23-18)6-22-10-17-11-24-19-5-14(7-25-20(19)28-17)15-8-26-27(2)12-15;1-2-4-6-5-3-1/h3-5,7-9,12-13,17,22,24H,6,10-11H2,1-2H3;1-6H. The minimum atomic E-state index is 0.0364. The van der Waals surface area contributed by atoms with Crippen LogP contribution in [0, 0.1) is 0 Å². The van der Waals surface area contributed by atoms with Crippen molar-refractivity contribution in [3.63, 3.8) is 0 Å². The lowest BCUT2D eigenvalue weighted by Crippen LogP contribution is -2.40. The molecule has 0 saturated carbocycles. The van der Waals surface area contributed by atoms with Crippen molar-refractivity contribution in [3.05, 3.63) is 89.6 Å². The van der Waals surface area contributed by atoms with Crippen LogP contribution in [-0.4, -0.2) is 45.5 Å². The molecule has 8 heteroatoms. The molecule has 0 spiro atoms. The van der Waals surface area contributed by atoms with Gasteiger partial charge >= 0.3 is 0 Å². The first-order valence-electron chi connectivity index (χ1n) is 11.3. The van der Waals surface area contributed by atoms with E-state index in [0.29, 0.717) is 11.8 Å². The van der Waals surface area contributed by atoms with Gasteiger partial charge in [-0.25, -0.2) is 4.98 Å². The number of aromatic nitrogens is 4. The van der Waals surface area contributed by atoms with Gasteiger partial charge in [-0.2, -0.15) is 5.10 Å². The third-order valence-electron chi connectivity index (χ3n) is 5.43. The summed E-state index contributed by atoms with van der Waals surface area (Å²) < 4.78 is 8.83. The summed E-state index contributed by atoms with van der Waals surface area (Å²) in [6, 6.07) is 18.1. The number of pyridine rings is 2. The van der Waals surface area contributed by atoms with Crippen LogP contribution in [0.5, 0.6) is 5.88 Å². The molecule has 0 bridgehead atoms. The van der Waals surface area contributed by atoms with Gasteiger partial charge in [-0.05, 0) is 34.1 Å². The summed E-state index contributed by atoms with van der Waals surface area (Å²) in [5.41, 5.74) is 4.06. The van der Waals surface area contributed by atoms with Crippen molar-refractivity contribution in [1.82, 2.24) is 25.1 Å². The first-order valence-corrected chi connectivity index (χ1v) is 12.1. The SMILES string of the molecule is CC(CNCC1CNc2cc(-c3cnn(C)c3)cnc2O1)c1ccc(Br)cn1.c1ccccc1. The Bertz CT molecular complexity index is 1140. The molecule has 2 atom stereocenters. The van der Waals surface area contributed by atoms with Crippen LogP contribution in [0.15, 0.2) is 83.9 Å². The van der Waals surface area contributed by atoms with E-state index in [1.807, 2.05) is 74.3 Å². The van der Waals surface area contributed by atoms with E-state index >= 15 is 0 Å². The minimum Gasteiger partial charge on any atom is -0.470 e.